The highest BCUT2D eigenvalue weighted by molar-refractivity contribution is 5.91. The quantitative estimate of drug-likeness (QED) is 0.409. The van der Waals surface area contributed by atoms with Gasteiger partial charge in [-0.15, -0.1) is 0 Å². The average molecular weight is 369 g/mol. The molecule has 0 spiro atoms. The van der Waals surface area contributed by atoms with Gasteiger partial charge in [0.1, 0.15) is 12.4 Å². The molecule has 0 N–H and O–H groups in total. The lowest BCUT2D eigenvalue weighted by atomic mass is 9.98. The van der Waals surface area contributed by atoms with E-state index in [-0.39, 0.29) is 0 Å². The number of carbonyl (C=O) groups excluding carboxylic acids is 1. The maximum Gasteiger partial charge on any atom is 0.167 e. The molecule has 4 aromatic rings. The first-order valence-corrected chi connectivity index (χ1v) is 9.42. The highest BCUT2D eigenvalue weighted by atomic mass is 16.5. The second kappa shape index (κ2) is 7.35. The van der Waals surface area contributed by atoms with Crippen LogP contribution in [0.15, 0.2) is 66.9 Å². The molecule has 0 unspecified atom stereocenters. The highest BCUT2D eigenvalue weighted by Gasteiger charge is 2.15. The van der Waals surface area contributed by atoms with Crippen molar-refractivity contribution in [3.63, 3.8) is 0 Å². The predicted octanol–water partition coefficient (Wildman–Crippen LogP) is 5.92. The molecule has 0 saturated carbocycles. The Hall–Kier alpha value is -3.33. The van der Waals surface area contributed by atoms with Crippen molar-refractivity contribution in [3.8, 4) is 16.9 Å². The summed E-state index contributed by atoms with van der Waals surface area (Å²) < 4.78 is 8.00. The maximum atomic E-state index is 11.8. The summed E-state index contributed by atoms with van der Waals surface area (Å²) in [7, 11) is 0. The molecule has 2 heterocycles. The Kier molecular flexibility index (Phi) is 4.74. The van der Waals surface area contributed by atoms with E-state index in [1.54, 1.807) is 0 Å². The minimum absolute atomic E-state index is 0.537. The maximum absolute atomic E-state index is 11.8. The Morgan fingerprint density at radius 1 is 0.893 bits per heavy atom. The van der Waals surface area contributed by atoms with Crippen molar-refractivity contribution in [1.29, 1.82) is 0 Å². The summed E-state index contributed by atoms with van der Waals surface area (Å²) in [4.78, 5) is 11.8. The Balaban J connectivity index is 1.72. The number of hydrogen-bond acceptors (Lipinski definition) is 2. The highest BCUT2D eigenvalue weighted by Crippen LogP contribution is 2.34. The molecule has 0 amide bonds. The van der Waals surface area contributed by atoms with Crippen LogP contribution in [0.4, 0.5) is 0 Å². The monoisotopic (exact) mass is 369 g/mol. The molecule has 4 rings (SSSR count). The van der Waals surface area contributed by atoms with Crippen LogP contribution in [0.5, 0.6) is 5.75 Å². The molecule has 0 bridgehead atoms. The van der Waals surface area contributed by atoms with Crippen molar-refractivity contribution in [3.05, 3.63) is 94.8 Å². The largest absolute Gasteiger partial charge is 0.489 e. The van der Waals surface area contributed by atoms with Crippen molar-refractivity contribution in [2.45, 2.75) is 27.4 Å². The van der Waals surface area contributed by atoms with E-state index >= 15 is 0 Å². The molecule has 2 aromatic carbocycles. The summed E-state index contributed by atoms with van der Waals surface area (Å²) in [6, 6.07) is 20.5. The lowest BCUT2D eigenvalue weighted by molar-refractivity contribution is 0.111. The van der Waals surface area contributed by atoms with Gasteiger partial charge in [-0.1, -0.05) is 30.3 Å². The van der Waals surface area contributed by atoms with E-state index in [9.17, 15) is 4.79 Å². The number of rotatable bonds is 5. The second-order valence-corrected chi connectivity index (χ2v) is 7.27. The van der Waals surface area contributed by atoms with Crippen LogP contribution in [0.3, 0.4) is 0 Å². The third kappa shape index (κ3) is 3.31. The van der Waals surface area contributed by atoms with Crippen LogP contribution in [0.1, 0.15) is 32.7 Å². The van der Waals surface area contributed by atoms with Gasteiger partial charge in [-0.3, -0.25) is 4.79 Å². The van der Waals surface area contributed by atoms with Crippen LogP contribution in [-0.2, 0) is 6.61 Å². The van der Waals surface area contributed by atoms with Crippen molar-refractivity contribution < 1.29 is 9.53 Å². The Morgan fingerprint density at radius 3 is 2.43 bits per heavy atom. The van der Waals surface area contributed by atoms with Gasteiger partial charge in [0.25, 0.3) is 0 Å². The van der Waals surface area contributed by atoms with E-state index in [1.807, 2.05) is 41.8 Å². The summed E-state index contributed by atoms with van der Waals surface area (Å²) in [6.07, 6.45) is 2.89. The molecule has 2 aromatic heterocycles. The molecule has 0 atom stereocenters. The summed E-state index contributed by atoms with van der Waals surface area (Å²) in [6.45, 7) is 6.70. The molecule has 140 valence electrons. The van der Waals surface area contributed by atoms with Gasteiger partial charge in [-0.05, 0) is 78.9 Å². The van der Waals surface area contributed by atoms with E-state index in [4.69, 9.17) is 4.74 Å². The topological polar surface area (TPSA) is 30.7 Å². The van der Waals surface area contributed by atoms with Crippen molar-refractivity contribution in [1.82, 2.24) is 4.40 Å². The third-order valence-corrected chi connectivity index (χ3v) is 5.13. The third-order valence-electron chi connectivity index (χ3n) is 5.13. The lowest BCUT2D eigenvalue weighted by Crippen LogP contribution is -1.99. The fraction of sp³-hybridized carbons (Fsp3) is 0.160. The zero-order chi connectivity index (χ0) is 19.7. The molecular weight excluding hydrogens is 346 g/mol. The van der Waals surface area contributed by atoms with Crippen molar-refractivity contribution in [2.24, 2.45) is 0 Å². The number of nitrogens with zero attached hydrogens (tertiary/aromatic N) is 1. The van der Waals surface area contributed by atoms with E-state index in [1.165, 1.54) is 5.56 Å². The van der Waals surface area contributed by atoms with E-state index in [2.05, 4.69) is 50.2 Å². The summed E-state index contributed by atoms with van der Waals surface area (Å²) in [5.41, 5.74) is 8.18. The fourth-order valence-corrected chi connectivity index (χ4v) is 3.62. The molecular formula is C25H23NO2. The number of aryl methyl sites for hydroxylation is 3. The number of benzene rings is 2. The zero-order valence-corrected chi connectivity index (χ0v) is 16.4. The molecule has 0 aliphatic carbocycles. The first kappa shape index (κ1) is 18.1. The number of hydrogen-bond donors (Lipinski definition) is 0. The van der Waals surface area contributed by atoms with Crippen LogP contribution in [-0.4, -0.2) is 10.7 Å². The smallest absolute Gasteiger partial charge is 0.167 e. The summed E-state index contributed by atoms with van der Waals surface area (Å²) in [5.74, 6) is 0.873. The van der Waals surface area contributed by atoms with Gasteiger partial charge in [0.05, 0.1) is 5.69 Å². The van der Waals surface area contributed by atoms with E-state index < -0.39 is 0 Å². The molecule has 0 fully saturated rings. The first-order chi connectivity index (χ1) is 13.6. The fourth-order valence-electron chi connectivity index (χ4n) is 3.62. The number of pyridine rings is 1. The molecule has 0 aliphatic heterocycles. The summed E-state index contributed by atoms with van der Waals surface area (Å²) in [5, 5.41) is 0. The predicted molar refractivity (Wildman–Crippen MR) is 113 cm³/mol. The van der Waals surface area contributed by atoms with Crippen molar-refractivity contribution in [2.75, 3.05) is 0 Å². The normalized spacial score (nSPS) is 11.0. The Labute approximate surface area is 165 Å². The van der Waals surface area contributed by atoms with Crippen LogP contribution >= 0.6 is 0 Å². The number of carbonyl (C=O) groups is 1. The van der Waals surface area contributed by atoms with Gasteiger partial charge in [0.2, 0.25) is 0 Å². The Bertz CT molecular complexity index is 1160. The van der Waals surface area contributed by atoms with Gasteiger partial charge in [0, 0.05) is 17.3 Å². The SMILES string of the molecule is Cc1ccn2c(C=O)c(-c3cc(C)c(OCc4ccccc4)cc3C)cc2c1. The molecule has 0 saturated heterocycles. The van der Waals surface area contributed by atoms with Gasteiger partial charge < -0.3 is 9.14 Å². The molecule has 0 aliphatic rings. The minimum Gasteiger partial charge on any atom is -0.489 e. The zero-order valence-electron chi connectivity index (χ0n) is 16.4. The van der Waals surface area contributed by atoms with Crippen LogP contribution < -0.4 is 4.74 Å². The van der Waals surface area contributed by atoms with Gasteiger partial charge in [-0.25, -0.2) is 0 Å². The van der Waals surface area contributed by atoms with Crippen LogP contribution in [0.25, 0.3) is 16.6 Å². The summed E-state index contributed by atoms with van der Waals surface area (Å²) >= 11 is 0. The molecule has 3 nitrogen and oxygen atoms in total. The average Bonchev–Trinajstić information content (AvgIpc) is 3.06. The minimum atomic E-state index is 0.537. The van der Waals surface area contributed by atoms with Crippen molar-refractivity contribution >= 4 is 11.8 Å². The lowest BCUT2D eigenvalue weighted by Gasteiger charge is -2.13. The van der Waals surface area contributed by atoms with Gasteiger partial charge in [0.15, 0.2) is 6.29 Å². The molecule has 28 heavy (non-hydrogen) atoms. The van der Waals surface area contributed by atoms with Crippen LogP contribution in [0.2, 0.25) is 0 Å². The number of fused-ring (bicyclic) bond motifs is 1. The number of aldehydes is 1. The first-order valence-electron chi connectivity index (χ1n) is 9.42. The van der Waals surface area contributed by atoms with Gasteiger partial charge >= 0.3 is 0 Å². The van der Waals surface area contributed by atoms with Gasteiger partial charge in [-0.2, -0.15) is 0 Å². The standard InChI is InChI=1S/C25H23NO2/c1-17-9-10-26-21(11-17)14-23(24(26)15-27)22-12-19(3)25(13-18(22)2)28-16-20-7-5-4-6-8-20/h4-15H,16H2,1-3H3. The Morgan fingerprint density at radius 2 is 1.68 bits per heavy atom. The molecule has 3 heteroatoms. The number of ether oxygens (including phenoxy) is 1. The van der Waals surface area contributed by atoms with E-state index in [0.717, 1.165) is 45.4 Å². The molecule has 0 radical (unpaired) electrons. The van der Waals surface area contributed by atoms with Crippen LogP contribution in [0, 0.1) is 20.8 Å². The number of aromatic nitrogens is 1. The van der Waals surface area contributed by atoms with E-state index in [0.29, 0.717) is 12.3 Å². The second-order valence-electron chi connectivity index (χ2n) is 7.27.